The molecule has 0 radical (unpaired) electrons. The molecule has 0 aliphatic carbocycles. The van der Waals surface area contributed by atoms with E-state index in [9.17, 15) is 9.59 Å². The zero-order valence-corrected chi connectivity index (χ0v) is 13.5. The molecule has 6 nitrogen and oxygen atoms in total. The SMILES string of the molecule is CCCCC(NC(N)=O)C(=O)NC(CN)CC(C)C.Cl. The first-order valence-electron chi connectivity index (χ1n) is 6.97. The van der Waals surface area contributed by atoms with Crippen molar-refractivity contribution in [3.8, 4) is 0 Å². The lowest BCUT2D eigenvalue weighted by atomic mass is 10.0. The van der Waals surface area contributed by atoms with Gasteiger partial charge in [-0.15, -0.1) is 12.4 Å². The molecule has 0 aromatic carbocycles. The molecule has 0 aromatic heterocycles. The number of nitrogens with two attached hydrogens (primary N) is 2. The average molecular weight is 309 g/mol. The van der Waals surface area contributed by atoms with Gasteiger partial charge in [-0.25, -0.2) is 4.79 Å². The van der Waals surface area contributed by atoms with Gasteiger partial charge in [0.05, 0.1) is 0 Å². The van der Waals surface area contributed by atoms with Crippen molar-refractivity contribution in [2.75, 3.05) is 6.54 Å². The molecule has 0 fully saturated rings. The Hall–Kier alpha value is -1.01. The van der Waals surface area contributed by atoms with Gasteiger partial charge in [-0.3, -0.25) is 4.79 Å². The minimum absolute atomic E-state index is 0. The molecule has 7 heteroatoms. The van der Waals surface area contributed by atoms with E-state index < -0.39 is 12.1 Å². The van der Waals surface area contributed by atoms with Crippen LogP contribution in [0.25, 0.3) is 0 Å². The molecule has 120 valence electrons. The van der Waals surface area contributed by atoms with Gasteiger partial charge < -0.3 is 22.1 Å². The molecule has 3 amide bonds. The largest absolute Gasteiger partial charge is 0.352 e. The van der Waals surface area contributed by atoms with Gasteiger partial charge in [0, 0.05) is 12.6 Å². The lowest BCUT2D eigenvalue weighted by Crippen LogP contribution is -2.52. The summed E-state index contributed by atoms with van der Waals surface area (Å²) in [5, 5.41) is 5.36. The zero-order chi connectivity index (χ0) is 14.8. The maximum atomic E-state index is 12.1. The summed E-state index contributed by atoms with van der Waals surface area (Å²) < 4.78 is 0. The molecule has 0 saturated heterocycles. The van der Waals surface area contributed by atoms with Crippen LogP contribution in [0.2, 0.25) is 0 Å². The summed E-state index contributed by atoms with van der Waals surface area (Å²) in [5.41, 5.74) is 10.7. The Balaban J connectivity index is 0. The number of urea groups is 1. The van der Waals surface area contributed by atoms with Crippen molar-refractivity contribution in [1.29, 1.82) is 0 Å². The van der Waals surface area contributed by atoms with E-state index in [-0.39, 0.29) is 24.4 Å². The maximum absolute atomic E-state index is 12.1. The van der Waals surface area contributed by atoms with Gasteiger partial charge >= 0.3 is 6.03 Å². The molecule has 0 aliphatic rings. The third kappa shape index (κ3) is 9.86. The average Bonchev–Trinajstić information content (AvgIpc) is 2.32. The molecule has 0 bridgehead atoms. The first-order chi connectivity index (χ1) is 8.90. The van der Waals surface area contributed by atoms with Gasteiger partial charge in [0.2, 0.25) is 5.91 Å². The Morgan fingerprint density at radius 3 is 2.20 bits per heavy atom. The summed E-state index contributed by atoms with van der Waals surface area (Å²) in [6, 6.07) is -1.31. The third-order valence-electron chi connectivity index (χ3n) is 2.87. The van der Waals surface area contributed by atoms with Crippen LogP contribution in [0.15, 0.2) is 0 Å². The van der Waals surface area contributed by atoms with E-state index in [1.54, 1.807) is 0 Å². The highest BCUT2D eigenvalue weighted by molar-refractivity contribution is 5.86. The van der Waals surface area contributed by atoms with E-state index in [1.165, 1.54) is 0 Å². The Bertz CT molecular complexity index is 288. The van der Waals surface area contributed by atoms with Gasteiger partial charge in [-0.2, -0.15) is 0 Å². The molecule has 0 heterocycles. The highest BCUT2D eigenvalue weighted by Crippen LogP contribution is 2.06. The molecule has 20 heavy (non-hydrogen) atoms. The molecule has 0 rings (SSSR count). The number of carbonyl (C=O) groups is 2. The second-order valence-corrected chi connectivity index (χ2v) is 5.27. The topological polar surface area (TPSA) is 110 Å². The van der Waals surface area contributed by atoms with E-state index in [1.807, 2.05) is 6.92 Å². The Morgan fingerprint density at radius 1 is 1.20 bits per heavy atom. The van der Waals surface area contributed by atoms with Gasteiger partial charge in [0.1, 0.15) is 6.04 Å². The van der Waals surface area contributed by atoms with Crippen molar-refractivity contribution in [3.05, 3.63) is 0 Å². The van der Waals surface area contributed by atoms with Crippen molar-refractivity contribution in [2.45, 2.75) is 58.5 Å². The van der Waals surface area contributed by atoms with E-state index in [0.29, 0.717) is 18.9 Å². The number of rotatable bonds is 9. The summed E-state index contributed by atoms with van der Waals surface area (Å²) in [4.78, 5) is 23.0. The standard InChI is InChI=1S/C13H28N4O2.ClH/c1-4-5-6-11(17-13(15)19)12(18)16-10(8-14)7-9(2)3;/h9-11H,4-8,14H2,1-3H3,(H,16,18)(H3,15,17,19);1H. The summed E-state index contributed by atoms with van der Waals surface area (Å²) in [5.74, 6) is 0.246. The van der Waals surface area contributed by atoms with E-state index in [2.05, 4.69) is 24.5 Å². The van der Waals surface area contributed by atoms with Crippen molar-refractivity contribution in [1.82, 2.24) is 10.6 Å². The molecule has 2 atom stereocenters. The number of primary amides is 1. The highest BCUT2D eigenvalue weighted by Gasteiger charge is 2.21. The number of unbranched alkanes of at least 4 members (excludes halogenated alkanes) is 1. The molecular formula is C13H29ClN4O2. The number of hydrogen-bond donors (Lipinski definition) is 4. The normalized spacial score (nSPS) is 13.2. The monoisotopic (exact) mass is 308 g/mol. The van der Waals surface area contributed by atoms with Crippen LogP contribution in [0.4, 0.5) is 4.79 Å². The highest BCUT2D eigenvalue weighted by atomic mass is 35.5. The van der Waals surface area contributed by atoms with Crippen molar-refractivity contribution >= 4 is 24.3 Å². The molecule has 0 saturated carbocycles. The lowest BCUT2D eigenvalue weighted by Gasteiger charge is -2.23. The second kappa shape index (κ2) is 11.8. The molecule has 0 aliphatic heterocycles. The summed E-state index contributed by atoms with van der Waals surface area (Å²) >= 11 is 0. The Labute approximate surface area is 127 Å². The van der Waals surface area contributed by atoms with Crippen LogP contribution in [-0.2, 0) is 4.79 Å². The minimum Gasteiger partial charge on any atom is -0.352 e. The van der Waals surface area contributed by atoms with Crippen LogP contribution in [0.1, 0.15) is 46.5 Å². The Morgan fingerprint density at radius 2 is 1.80 bits per heavy atom. The van der Waals surface area contributed by atoms with Crippen molar-refractivity contribution < 1.29 is 9.59 Å². The molecule has 6 N–H and O–H groups in total. The maximum Gasteiger partial charge on any atom is 0.312 e. The number of carbonyl (C=O) groups excluding carboxylic acids is 2. The summed E-state index contributed by atoms with van der Waals surface area (Å²) in [7, 11) is 0. The third-order valence-corrected chi connectivity index (χ3v) is 2.87. The Kier molecular flexibility index (Phi) is 12.5. The lowest BCUT2D eigenvalue weighted by molar-refractivity contribution is -0.123. The first kappa shape index (κ1) is 21.3. The van der Waals surface area contributed by atoms with Crippen LogP contribution in [-0.4, -0.2) is 30.6 Å². The van der Waals surface area contributed by atoms with Crippen LogP contribution < -0.4 is 22.1 Å². The van der Waals surface area contributed by atoms with Crippen LogP contribution in [0.3, 0.4) is 0 Å². The zero-order valence-electron chi connectivity index (χ0n) is 12.6. The fraction of sp³-hybridized carbons (Fsp3) is 0.846. The number of nitrogens with one attached hydrogen (secondary N) is 2. The molecule has 0 aromatic rings. The number of hydrogen-bond acceptors (Lipinski definition) is 3. The van der Waals surface area contributed by atoms with Crippen molar-refractivity contribution in [2.24, 2.45) is 17.4 Å². The van der Waals surface area contributed by atoms with Crippen LogP contribution >= 0.6 is 12.4 Å². The molecular weight excluding hydrogens is 280 g/mol. The smallest absolute Gasteiger partial charge is 0.312 e. The van der Waals surface area contributed by atoms with E-state index in [0.717, 1.165) is 19.3 Å². The predicted octanol–water partition coefficient (Wildman–Crippen LogP) is 1.12. The minimum atomic E-state index is -0.676. The van der Waals surface area contributed by atoms with Gasteiger partial charge in [0.15, 0.2) is 0 Å². The van der Waals surface area contributed by atoms with Crippen LogP contribution in [0, 0.1) is 5.92 Å². The second-order valence-electron chi connectivity index (χ2n) is 5.27. The molecule has 0 spiro atoms. The van der Waals surface area contributed by atoms with Gasteiger partial charge in [0.25, 0.3) is 0 Å². The predicted molar refractivity (Wildman–Crippen MR) is 83.7 cm³/mol. The van der Waals surface area contributed by atoms with Gasteiger partial charge in [-0.1, -0.05) is 33.6 Å². The fourth-order valence-electron chi connectivity index (χ4n) is 1.93. The quantitative estimate of drug-likeness (QED) is 0.512. The van der Waals surface area contributed by atoms with Crippen molar-refractivity contribution in [3.63, 3.8) is 0 Å². The van der Waals surface area contributed by atoms with E-state index in [4.69, 9.17) is 11.5 Å². The van der Waals surface area contributed by atoms with Crippen LogP contribution in [0.5, 0.6) is 0 Å². The fourth-order valence-corrected chi connectivity index (χ4v) is 1.93. The number of halogens is 1. The number of amides is 3. The summed E-state index contributed by atoms with van der Waals surface area (Å²) in [6.45, 7) is 6.57. The first-order valence-corrected chi connectivity index (χ1v) is 6.97. The molecule has 2 unspecified atom stereocenters. The van der Waals surface area contributed by atoms with Gasteiger partial charge in [-0.05, 0) is 18.8 Å². The van der Waals surface area contributed by atoms with E-state index >= 15 is 0 Å². The summed E-state index contributed by atoms with van der Waals surface area (Å²) in [6.07, 6.45) is 3.22.